The van der Waals surface area contributed by atoms with Crippen LogP contribution in [0.2, 0.25) is 0 Å². The molecule has 1 N–H and O–H groups in total. The topological polar surface area (TPSA) is 75.7 Å². The maximum Gasteiger partial charge on any atom is 0.262 e. The van der Waals surface area contributed by atoms with Gasteiger partial charge in [0.15, 0.2) is 6.61 Å². The minimum Gasteiger partial charge on any atom is -0.483 e. The van der Waals surface area contributed by atoms with Crippen molar-refractivity contribution in [1.29, 1.82) is 0 Å². The number of amides is 1. The Labute approximate surface area is 160 Å². The normalized spacial score (nSPS) is 14.9. The molecule has 7 heteroatoms. The SMILES string of the molecule is Cc1cccc(OCC(=O)Nc2cccc(S(=O)(=O)N3CCCC3)c2)c1C. The molecule has 6 nitrogen and oxygen atoms in total. The van der Waals surface area contributed by atoms with Gasteiger partial charge in [0, 0.05) is 18.8 Å². The van der Waals surface area contributed by atoms with Gasteiger partial charge in [0.2, 0.25) is 10.0 Å². The van der Waals surface area contributed by atoms with Gasteiger partial charge < -0.3 is 10.1 Å². The molecule has 0 unspecified atom stereocenters. The predicted octanol–water partition coefficient (Wildman–Crippen LogP) is 3.11. The molecular weight excluding hydrogens is 364 g/mol. The van der Waals surface area contributed by atoms with Crippen LogP contribution >= 0.6 is 0 Å². The zero-order valence-corrected chi connectivity index (χ0v) is 16.4. The number of hydrogen-bond acceptors (Lipinski definition) is 4. The van der Waals surface area contributed by atoms with Gasteiger partial charge in [-0.3, -0.25) is 4.79 Å². The number of sulfonamides is 1. The van der Waals surface area contributed by atoms with Gasteiger partial charge >= 0.3 is 0 Å². The maximum absolute atomic E-state index is 12.6. The molecule has 1 aliphatic rings. The monoisotopic (exact) mass is 388 g/mol. The minimum absolute atomic E-state index is 0.145. The lowest BCUT2D eigenvalue weighted by atomic mass is 10.1. The van der Waals surface area contributed by atoms with E-state index < -0.39 is 10.0 Å². The van der Waals surface area contributed by atoms with Crippen LogP contribution in [0, 0.1) is 13.8 Å². The van der Waals surface area contributed by atoms with Crippen LogP contribution in [0.25, 0.3) is 0 Å². The number of anilines is 1. The smallest absolute Gasteiger partial charge is 0.262 e. The fourth-order valence-corrected chi connectivity index (χ4v) is 4.60. The average Bonchev–Trinajstić information content (AvgIpc) is 3.19. The lowest BCUT2D eigenvalue weighted by Gasteiger charge is -2.16. The largest absolute Gasteiger partial charge is 0.483 e. The molecule has 0 radical (unpaired) electrons. The molecule has 0 aromatic heterocycles. The Hall–Kier alpha value is -2.38. The van der Waals surface area contributed by atoms with Crippen molar-refractivity contribution in [3.63, 3.8) is 0 Å². The second-order valence-electron chi connectivity index (χ2n) is 6.67. The van der Waals surface area contributed by atoms with Crippen molar-refractivity contribution in [1.82, 2.24) is 4.31 Å². The molecular formula is C20H24N2O4S. The van der Waals surface area contributed by atoms with E-state index in [9.17, 15) is 13.2 Å². The van der Waals surface area contributed by atoms with Crippen LogP contribution in [-0.2, 0) is 14.8 Å². The summed E-state index contributed by atoms with van der Waals surface area (Å²) in [6, 6.07) is 12.0. The first-order valence-corrected chi connectivity index (χ1v) is 10.4. The van der Waals surface area contributed by atoms with Crippen molar-refractivity contribution in [3.8, 4) is 5.75 Å². The van der Waals surface area contributed by atoms with Crippen LogP contribution in [0.1, 0.15) is 24.0 Å². The number of benzene rings is 2. The number of nitrogens with one attached hydrogen (secondary N) is 1. The minimum atomic E-state index is -3.51. The first-order chi connectivity index (χ1) is 12.9. The van der Waals surface area contributed by atoms with Crippen LogP contribution in [0.4, 0.5) is 5.69 Å². The van der Waals surface area contributed by atoms with E-state index in [-0.39, 0.29) is 17.4 Å². The third-order valence-corrected chi connectivity index (χ3v) is 6.63. The predicted molar refractivity (Wildman–Crippen MR) is 104 cm³/mol. The molecule has 3 rings (SSSR count). The molecule has 0 saturated carbocycles. The van der Waals surface area contributed by atoms with Gasteiger partial charge in [0.05, 0.1) is 4.90 Å². The summed E-state index contributed by atoms with van der Waals surface area (Å²) in [5, 5.41) is 2.70. The molecule has 2 aromatic carbocycles. The van der Waals surface area contributed by atoms with Crippen molar-refractivity contribution < 1.29 is 17.9 Å². The van der Waals surface area contributed by atoms with Crippen LogP contribution in [0.15, 0.2) is 47.4 Å². The quantitative estimate of drug-likeness (QED) is 0.825. The summed E-state index contributed by atoms with van der Waals surface area (Å²) in [5.74, 6) is 0.321. The summed E-state index contributed by atoms with van der Waals surface area (Å²) in [6.45, 7) is 4.86. The van der Waals surface area contributed by atoms with Gasteiger partial charge in [0.1, 0.15) is 5.75 Å². The fraction of sp³-hybridized carbons (Fsp3) is 0.350. The van der Waals surface area contributed by atoms with Crippen molar-refractivity contribution in [2.24, 2.45) is 0 Å². The van der Waals surface area contributed by atoms with Crippen LogP contribution in [-0.4, -0.2) is 38.3 Å². The second kappa shape index (κ2) is 8.10. The molecule has 1 saturated heterocycles. The summed E-state index contributed by atoms with van der Waals surface area (Å²) in [7, 11) is -3.51. The van der Waals surface area contributed by atoms with Crippen molar-refractivity contribution >= 4 is 21.6 Å². The lowest BCUT2D eigenvalue weighted by Crippen LogP contribution is -2.28. The third-order valence-electron chi connectivity index (χ3n) is 4.73. The van der Waals surface area contributed by atoms with Gasteiger partial charge in [-0.25, -0.2) is 8.42 Å². The number of hydrogen-bond donors (Lipinski definition) is 1. The van der Waals surface area contributed by atoms with Gasteiger partial charge in [-0.15, -0.1) is 0 Å². The Kier molecular flexibility index (Phi) is 5.82. The Bertz CT molecular complexity index is 935. The number of nitrogens with zero attached hydrogens (tertiary/aromatic N) is 1. The first kappa shape index (κ1) is 19.4. The zero-order chi connectivity index (χ0) is 19.4. The molecule has 1 fully saturated rings. The van der Waals surface area contributed by atoms with Crippen LogP contribution in [0.5, 0.6) is 5.75 Å². The van der Waals surface area contributed by atoms with Gasteiger partial charge in [-0.1, -0.05) is 18.2 Å². The number of rotatable bonds is 6. The Morgan fingerprint density at radius 3 is 2.56 bits per heavy atom. The van der Waals surface area contributed by atoms with E-state index in [1.165, 1.54) is 10.4 Å². The van der Waals surface area contributed by atoms with E-state index in [0.717, 1.165) is 24.0 Å². The summed E-state index contributed by atoms with van der Waals surface area (Å²) in [5.41, 5.74) is 2.52. The van der Waals surface area contributed by atoms with E-state index in [0.29, 0.717) is 24.5 Å². The molecule has 1 aliphatic heterocycles. The number of carbonyl (C=O) groups excluding carboxylic acids is 1. The Balaban J connectivity index is 1.65. The Morgan fingerprint density at radius 1 is 1.11 bits per heavy atom. The summed E-state index contributed by atoms with van der Waals surface area (Å²) < 4.78 is 32.4. The average molecular weight is 388 g/mol. The standard InChI is InChI=1S/C20H24N2O4S/c1-15-7-5-10-19(16(15)2)26-14-20(23)21-17-8-6-9-18(13-17)27(24,25)22-11-3-4-12-22/h5-10,13H,3-4,11-12,14H2,1-2H3,(H,21,23). The summed E-state index contributed by atoms with van der Waals surface area (Å²) in [4.78, 5) is 12.4. The Morgan fingerprint density at radius 2 is 1.81 bits per heavy atom. The first-order valence-electron chi connectivity index (χ1n) is 8.97. The summed E-state index contributed by atoms with van der Waals surface area (Å²) in [6.07, 6.45) is 1.76. The number of carbonyl (C=O) groups is 1. The van der Waals surface area contributed by atoms with E-state index in [2.05, 4.69) is 5.32 Å². The zero-order valence-electron chi connectivity index (χ0n) is 15.6. The van der Waals surface area contributed by atoms with Crippen LogP contribution in [0.3, 0.4) is 0 Å². The van der Waals surface area contributed by atoms with Crippen molar-refractivity contribution in [2.75, 3.05) is 25.0 Å². The molecule has 2 aromatic rings. The van der Waals surface area contributed by atoms with Gasteiger partial charge in [-0.2, -0.15) is 4.31 Å². The van der Waals surface area contributed by atoms with Crippen LogP contribution < -0.4 is 10.1 Å². The highest BCUT2D eigenvalue weighted by atomic mass is 32.2. The van der Waals surface area contributed by atoms with E-state index in [1.807, 2.05) is 32.0 Å². The highest BCUT2D eigenvalue weighted by Gasteiger charge is 2.27. The molecule has 0 spiro atoms. The molecule has 0 aliphatic carbocycles. The molecule has 1 amide bonds. The van der Waals surface area contributed by atoms with Gasteiger partial charge in [0.25, 0.3) is 5.91 Å². The number of ether oxygens (including phenoxy) is 1. The highest BCUT2D eigenvalue weighted by Crippen LogP contribution is 2.23. The fourth-order valence-electron chi connectivity index (χ4n) is 3.03. The lowest BCUT2D eigenvalue weighted by molar-refractivity contribution is -0.118. The summed E-state index contributed by atoms with van der Waals surface area (Å²) >= 11 is 0. The van der Waals surface area contributed by atoms with E-state index in [1.54, 1.807) is 18.2 Å². The second-order valence-corrected chi connectivity index (χ2v) is 8.61. The van der Waals surface area contributed by atoms with E-state index in [4.69, 9.17) is 4.74 Å². The van der Waals surface area contributed by atoms with Crippen molar-refractivity contribution in [2.45, 2.75) is 31.6 Å². The molecule has 1 heterocycles. The van der Waals surface area contributed by atoms with Gasteiger partial charge in [-0.05, 0) is 62.1 Å². The molecule has 0 atom stereocenters. The third kappa shape index (κ3) is 4.48. The molecule has 0 bridgehead atoms. The maximum atomic E-state index is 12.6. The van der Waals surface area contributed by atoms with Crippen molar-refractivity contribution in [3.05, 3.63) is 53.6 Å². The highest BCUT2D eigenvalue weighted by molar-refractivity contribution is 7.89. The number of aryl methyl sites for hydroxylation is 1. The van der Waals surface area contributed by atoms with E-state index >= 15 is 0 Å². The molecule has 144 valence electrons. The molecule has 27 heavy (non-hydrogen) atoms.